The molecule has 246 valence electrons. The third-order valence-electron chi connectivity index (χ3n) is 9.41. The number of aromatic nitrogens is 3. The second kappa shape index (κ2) is 14.1. The van der Waals surface area contributed by atoms with Gasteiger partial charge in [0, 0.05) is 16.7 Å². The molecule has 0 spiro atoms. The molecule has 3 heteroatoms. The first-order valence-electron chi connectivity index (χ1n) is 17.5. The number of benzene rings is 6. The summed E-state index contributed by atoms with van der Waals surface area (Å²) in [6.07, 6.45) is 0. The zero-order valence-electron chi connectivity index (χ0n) is 29.5. The number of nitrogens with zero attached hydrogens (tertiary/aromatic N) is 3. The molecular weight excluding hydrogens is 607 g/mol. The summed E-state index contributed by atoms with van der Waals surface area (Å²) in [5.41, 5.74) is 11.3. The van der Waals surface area contributed by atoms with Crippen LogP contribution in [0.15, 0.2) is 158 Å². The minimum absolute atomic E-state index is 0.185. The van der Waals surface area contributed by atoms with E-state index in [0.29, 0.717) is 29.3 Å². The molecule has 0 aliphatic carbocycles. The average molecular weight is 650 g/mol. The Morgan fingerprint density at radius 2 is 0.680 bits per heavy atom. The van der Waals surface area contributed by atoms with Gasteiger partial charge < -0.3 is 0 Å². The third kappa shape index (κ3) is 7.18. The first-order chi connectivity index (χ1) is 24.2. The van der Waals surface area contributed by atoms with E-state index in [4.69, 9.17) is 15.0 Å². The van der Waals surface area contributed by atoms with E-state index < -0.39 is 0 Å². The van der Waals surface area contributed by atoms with Crippen LogP contribution >= 0.6 is 0 Å². The van der Waals surface area contributed by atoms with E-state index in [2.05, 4.69) is 180 Å². The number of rotatable bonds is 8. The van der Waals surface area contributed by atoms with Crippen molar-refractivity contribution in [3.05, 3.63) is 163 Å². The molecule has 3 nitrogen and oxygen atoms in total. The number of hydrogen-bond donors (Lipinski definition) is 0. The van der Waals surface area contributed by atoms with Crippen molar-refractivity contribution in [3.63, 3.8) is 0 Å². The fourth-order valence-electron chi connectivity index (χ4n) is 7.31. The molecule has 1 atom stereocenters. The van der Waals surface area contributed by atoms with Crippen molar-refractivity contribution in [2.24, 2.45) is 11.3 Å². The van der Waals surface area contributed by atoms with E-state index >= 15 is 0 Å². The highest BCUT2D eigenvalue weighted by Gasteiger charge is 2.28. The van der Waals surface area contributed by atoms with Crippen molar-refractivity contribution in [3.8, 4) is 67.5 Å². The summed E-state index contributed by atoms with van der Waals surface area (Å²) in [4.78, 5) is 15.3. The van der Waals surface area contributed by atoms with Crippen molar-refractivity contribution in [2.45, 2.75) is 40.5 Å². The van der Waals surface area contributed by atoms with E-state index in [0.717, 1.165) is 44.5 Å². The molecule has 1 aromatic heterocycles. The van der Waals surface area contributed by atoms with Gasteiger partial charge in [0.15, 0.2) is 17.5 Å². The SMILES string of the molecule is CC(C)C(c1ccc(-c2cccc(-c3nc(-c4cccc(-c5ccccc5)c4)nc(-c4cccc(-c5ccccc5)c4)n3)c2)cc1)C(C)(C)C. The first-order valence-corrected chi connectivity index (χ1v) is 17.5. The lowest BCUT2D eigenvalue weighted by molar-refractivity contribution is 0.258. The quantitative estimate of drug-likeness (QED) is 0.164. The summed E-state index contributed by atoms with van der Waals surface area (Å²) in [6, 6.07) is 55.4. The lowest BCUT2D eigenvalue weighted by Gasteiger charge is -2.34. The maximum Gasteiger partial charge on any atom is 0.164 e. The Balaban J connectivity index is 1.32. The molecule has 1 unspecified atom stereocenters. The van der Waals surface area contributed by atoms with Crippen molar-refractivity contribution in [2.75, 3.05) is 0 Å². The van der Waals surface area contributed by atoms with Gasteiger partial charge in [-0.1, -0.05) is 174 Å². The van der Waals surface area contributed by atoms with Crippen molar-refractivity contribution < 1.29 is 0 Å². The normalized spacial score (nSPS) is 12.2. The summed E-state index contributed by atoms with van der Waals surface area (Å²) in [7, 11) is 0. The predicted octanol–water partition coefficient (Wildman–Crippen LogP) is 12.7. The molecule has 7 rings (SSSR count). The molecule has 0 radical (unpaired) electrons. The lowest BCUT2D eigenvalue weighted by atomic mass is 9.70. The van der Waals surface area contributed by atoms with Gasteiger partial charge in [-0.15, -0.1) is 0 Å². The van der Waals surface area contributed by atoms with E-state index in [9.17, 15) is 0 Å². The molecule has 0 N–H and O–H groups in total. The summed E-state index contributed by atoms with van der Waals surface area (Å²) >= 11 is 0. The Morgan fingerprint density at radius 3 is 1.02 bits per heavy atom. The van der Waals surface area contributed by atoms with Crippen molar-refractivity contribution >= 4 is 0 Å². The largest absolute Gasteiger partial charge is 0.208 e. The standard InChI is InChI=1S/C47H43N3/c1-32(2)43(47(3,4)5)36-27-25-35(26-28-36)39-21-14-24-42(31-39)46-49-44(40-22-12-19-37(29-40)33-15-8-6-9-16-33)48-45(50-46)41-23-13-20-38(30-41)34-17-10-7-11-18-34/h6-32,43H,1-5H3. The highest BCUT2D eigenvalue weighted by atomic mass is 15.0. The first kappa shape index (κ1) is 32.9. The van der Waals surface area contributed by atoms with E-state index in [1.165, 1.54) is 11.1 Å². The average Bonchev–Trinajstić information content (AvgIpc) is 3.15. The molecule has 0 fully saturated rings. The van der Waals surface area contributed by atoms with Gasteiger partial charge in [0.25, 0.3) is 0 Å². The maximum absolute atomic E-state index is 5.11. The Kier molecular flexibility index (Phi) is 9.23. The van der Waals surface area contributed by atoms with Crippen LogP contribution in [0.25, 0.3) is 67.5 Å². The minimum atomic E-state index is 0.185. The molecule has 0 aliphatic heterocycles. The number of hydrogen-bond acceptors (Lipinski definition) is 3. The van der Waals surface area contributed by atoms with Gasteiger partial charge in [-0.25, -0.2) is 15.0 Å². The Labute approximate surface area is 296 Å². The molecule has 50 heavy (non-hydrogen) atoms. The molecule has 7 aromatic rings. The summed E-state index contributed by atoms with van der Waals surface area (Å²) < 4.78 is 0. The predicted molar refractivity (Wildman–Crippen MR) is 209 cm³/mol. The topological polar surface area (TPSA) is 38.7 Å². The smallest absolute Gasteiger partial charge is 0.164 e. The van der Waals surface area contributed by atoms with Gasteiger partial charge in [0.1, 0.15) is 0 Å². The molecule has 0 amide bonds. The van der Waals surface area contributed by atoms with Gasteiger partial charge in [-0.2, -0.15) is 0 Å². The van der Waals surface area contributed by atoms with Gasteiger partial charge in [0.05, 0.1) is 0 Å². The van der Waals surface area contributed by atoms with Crippen molar-refractivity contribution in [1.29, 1.82) is 0 Å². The molecule has 6 aromatic carbocycles. The van der Waals surface area contributed by atoms with Gasteiger partial charge in [-0.3, -0.25) is 0 Å². The summed E-state index contributed by atoms with van der Waals surface area (Å²) in [5, 5.41) is 0. The lowest BCUT2D eigenvalue weighted by Crippen LogP contribution is -2.23. The Bertz CT molecular complexity index is 2110. The fraction of sp³-hybridized carbons (Fsp3) is 0.170. The van der Waals surface area contributed by atoms with Crippen LogP contribution in [-0.2, 0) is 0 Å². The highest BCUT2D eigenvalue weighted by molar-refractivity contribution is 5.76. The van der Waals surface area contributed by atoms with Crippen LogP contribution in [0.4, 0.5) is 0 Å². The highest BCUT2D eigenvalue weighted by Crippen LogP contribution is 2.41. The zero-order chi connectivity index (χ0) is 34.7. The Morgan fingerprint density at radius 1 is 0.360 bits per heavy atom. The van der Waals surface area contributed by atoms with Crippen LogP contribution in [0.1, 0.15) is 46.1 Å². The second-order valence-electron chi connectivity index (χ2n) is 14.5. The molecule has 1 heterocycles. The molecule has 0 bridgehead atoms. The maximum atomic E-state index is 5.11. The molecule has 0 aliphatic rings. The second-order valence-corrected chi connectivity index (χ2v) is 14.5. The molecule has 0 saturated carbocycles. The van der Waals surface area contributed by atoms with Gasteiger partial charge in [0.2, 0.25) is 0 Å². The fourth-order valence-corrected chi connectivity index (χ4v) is 7.31. The van der Waals surface area contributed by atoms with Crippen LogP contribution in [0.2, 0.25) is 0 Å². The van der Waals surface area contributed by atoms with Crippen LogP contribution < -0.4 is 0 Å². The zero-order valence-corrected chi connectivity index (χ0v) is 29.5. The van der Waals surface area contributed by atoms with Gasteiger partial charge in [-0.05, 0) is 74.4 Å². The third-order valence-corrected chi connectivity index (χ3v) is 9.41. The van der Waals surface area contributed by atoms with E-state index in [-0.39, 0.29) is 5.41 Å². The van der Waals surface area contributed by atoms with Crippen molar-refractivity contribution in [1.82, 2.24) is 15.0 Å². The Hall–Kier alpha value is -5.67. The van der Waals surface area contributed by atoms with Crippen LogP contribution in [0.5, 0.6) is 0 Å². The summed E-state index contributed by atoms with van der Waals surface area (Å²) in [6.45, 7) is 11.6. The molecule has 0 saturated heterocycles. The van der Waals surface area contributed by atoms with Crippen LogP contribution in [-0.4, -0.2) is 15.0 Å². The molecular formula is C47H43N3. The summed E-state index contributed by atoms with van der Waals surface area (Å²) in [5.74, 6) is 2.96. The van der Waals surface area contributed by atoms with Gasteiger partial charge >= 0.3 is 0 Å². The van der Waals surface area contributed by atoms with Crippen LogP contribution in [0, 0.1) is 11.3 Å². The monoisotopic (exact) mass is 649 g/mol. The van der Waals surface area contributed by atoms with E-state index in [1.807, 2.05) is 12.1 Å². The van der Waals surface area contributed by atoms with E-state index in [1.54, 1.807) is 0 Å². The minimum Gasteiger partial charge on any atom is -0.208 e. The van der Waals surface area contributed by atoms with Crippen LogP contribution in [0.3, 0.4) is 0 Å².